The number of para-hydroxylation sites is 1. The first-order valence-electron chi connectivity index (χ1n) is 20.4. The summed E-state index contributed by atoms with van der Waals surface area (Å²) in [5.41, 5.74) is 15.3. The van der Waals surface area contributed by atoms with Crippen molar-refractivity contribution in [2.24, 2.45) is 0 Å². The zero-order valence-corrected chi connectivity index (χ0v) is 34.9. The number of nitrogens with zero attached hydrogens (tertiary/aromatic N) is 4. The van der Waals surface area contributed by atoms with E-state index in [1.165, 1.54) is 44.6 Å². The molecule has 1 aliphatic rings. The van der Waals surface area contributed by atoms with Gasteiger partial charge in [0.1, 0.15) is 11.6 Å². The van der Waals surface area contributed by atoms with Crippen molar-refractivity contribution in [2.45, 2.75) is 98.8 Å². The van der Waals surface area contributed by atoms with E-state index in [0.29, 0.717) is 23.3 Å². The fourth-order valence-electron chi connectivity index (χ4n) is 8.00. The SMILES string of the molecule is CC(C)c1cc(C(C)C)c(N2C=CN(c3cccc(-c4cn(-c5c(C(C)C)cc(-c6ccccc6)cc5C(C)C)c(-c5ccccc5O)n4)c3)C2)c(C(C)C)c1. The fraction of sp³-hybridized carbons (Fsp3) is 0.314. The quantitative estimate of drug-likeness (QED) is 0.144. The van der Waals surface area contributed by atoms with Crippen molar-refractivity contribution >= 4 is 11.4 Å². The van der Waals surface area contributed by atoms with Crippen molar-refractivity contribution in [1.29, 1.82) is 0 Å². The van der Waals surface area contributed by atoms with Crippen molar-refractivity contribution in [3.8, 4) is 45.2 Å². The van der Waals surface area contributed by atoms with E-state index in [2.05, 4.69) is 181 Å². The lowest BCUT2D eigenvalue weighted by atomic mass is 9.87. The highest BCUT2D eigenvalue weighted by molar-refractivity contribution is 5.77. The third kappa shape index (κ3) is 7.52. The van der Waals surface area contributed by atoms with Crippen LogP contribution in [0.25, 0.3) is 39.5 Å². The molecular formula is C51H58N4O. The van der Waals surface area contributed by atoms with Crippen molar-refractivity contribution < 1.29 is 5.11 Å². The second-order valence-corrected chi connectivity index (χ2v) is 17.0. The van der Waals surface area contributed by atoms with Crippen LogP contribution in [0, 0.1) is 0 Å². The Morgan fingerprint density at radius 1 is 0.518 bits per heavy atom. The number of anilines is 2. The predicted molar refractivity (Wildman–Crippen MR) is 237 cm³/mol. The summed E-state index contributed by atoms with van der Waals surface area (Å²) in [6, 6.07) is 36.4. The molecule has 0 aliphatic carbocycles. The van der Waals surface area contributed by atoms with Gasteiger partial charge in [-0.3, -0.25) is 4.57 Å². The minimum Gasteiger partial charge on any atom is -0.507 e. The smallest absolute Gasteiger partial charge is 0.148 e. The van der Waals surface area contributed by atoms with Crippen LogP contribution in [0.2, 0.25) is 0 Å². The first-order valence-corrected chi connectivity index (χ1v) is 20.4. The molecule has 1 aromatic heterocycles. The number of phenolic OH excluding ortho intramolecular Hbond substituents is 1. The van der Waals surface area contributed by atoms with Crippen LogP contribution in [0.15, 0.2) is 122 Å². The van der Waals surface area contributed by atoms with Gasteiger partial charge in [0.15, 0.2) is 0 Å². The second kappa shape index (κ2) is 15.9. The number of aromatic nitrogens is 2. The molecule has 5 heteroatoms. The van der Waals surface area contributed by atoms with Crippen LogP contribution in [0.1, 0.15) is 127 Å². The van der Waals surface area contributed by atoms with E-state index in [9.17, 15) is 5.11 Å². The molecule has 0 radical (unpaired) electrons. The summed E-state index contributed by atoms with van der Waals surface area (Å²) in [5, 5.41) is 11.2. The number of benzene rings is 5. The number of hydrogen-bond acceptors (Lipinski definition) is 4. The molecule has 2 heterocycles. The molecule has 1 aliphatic heterocycles. The van der Waals surface area contributed by atoms with Gasteiger partial charge in [0.25, 0.3) is 0 Å². The fourth-order valence-corrected chi connectivity index (χ4v) is 8.00. The van der Waals surface area contributed by atoms with Crippen LogP contribution in [0.5, 0.6) is 5.75 Å². The summed E-state index contributed by atoms with van der Waals surface area (Å²) < 4.78 is 2.23. The lowest BCUT2D eigenvalue weighted by molar-refractivity contribution is 0.477. The molecule has 1 N–H and O–H groups in total. The molecule has 288 valence electrons. The summed E-state index contributed by atoms with van der Waals surface area (Å²) in [6.07, 6.45) is 6.61. The maximum absolute atomic E-state index is 11.2. The first kappa shape index (κ1) is 38.7. The molecule has 6 aromatic rings. The molecule has 0 amide bonds. The van der Waals surface area contributed by atoms with Crippen LogP contribution in [0.4, 0.5) is 11.4 Å². The van der Waals surface area contributed by atoms with Gasteiger partial charge in [0, 0.05) is 35.5 Å². The summed E-state index contributed by atoms with van der Waals surface area (Å²) in [6.45, 7) is 23.6. The zero-order chi connectivity index (χ0) is 39.8. The lowest BCUT2D eigenvalue weighted by Crippen LogP contribution is -2.26. The maximum atomic E-state index is 11.2. The molecule has 0 unspecified atom stereocenters. The van der Waals surface area contributed by atoms with Crippen molar-refractivity contribution in [3.05, 3.63) is 150 Å². The van der Waals surface area contributed by atoms with E-state index in [1.54, 1.807) is 6.07 Å². The highest BCUT2D eigenvalue weighted by atomic mass is 16.3. The average molecular weight is 743 g/mol. The van der Waals surface area contributed by atoms with Crippen molar-refractivity contribution in [1.82, 2.24) is 9.55 Å². The van der Waals surface area contributed by atoms with Gasteiger partial charge in [0.2, 0.25) is 0 Å². The van der Waals surface area contributed by atoms with E-state index in [-0.39, 0.29) is 17.6 Å². The van der Waals surface area contributed by atoms with E-state index < -0.39 is 0 Å². The molecule has 0 bridgehead atoms. The highest BCUT2D eigenvalue weighted by Crippen LogP contribution is 2.43. The van der Waals surface area contributed by atoms with Gasteiger partial charge in [-0.25, -0.2) is 4.98 Å². The van der Waals surface area contributed by atoms with Crippen LogP contribution >= 0.6 is 0 Å². The van der Waals surface area contributed by atoms with E-state index >= 15 is 0 Å². The normalized spacial score (nSPS) is 13.1. The molecule has 56 heavy (non-hydrogen) atoms. The maximum Gasteiger partial charge on any atom is 0.148 e. The molecule has 0 saturated carbocycles. The predicted octanol–water partition coefficient (Wildman–Crippen LogP) is 14.0. The number of imidazole rings is 1. The van der Waals surface area contributed by atoms with Gasteiger partial charge >= 0.3 is 0 Å². The first-order chi connectivity index (χ1) is 26.8. The number of aromatic hydroxyl groups is 1. The molecular weight excluding hydrogens is 685 g/mol. The summed E-state index contributed by atoms with van der Waals surface area (Å²) in [4.78, 5) is 10.1. The van der Waals surface area contributed by atoms with Gasteiger partial charge < -0.3 is 14.9 Å². The lowest BCUT2D eigenvalue weighted by Gasteiger charge is -2.30. The Kier molecular flexibility index (Phi) is 11.0. The van der Waals surface area contributed by atoms with E-state index in [0.717, 1.165) is 35.1 Å². The van der Waals surface area contributed by atoms with E-state index in [4.69, 9.17) is 4.98 Å². The summed E-state index contributed by atoms with van der Waals surface area (Å²) in [7, 11) is 0. The third-order valence-corrected chi connectivity index (χ3v) is 11.2. The molecule has 5 nitrogen and oxygen atoms in total. The summed E-state index contributed by atoms with van der Waals surface area (Å²) >= 11 is 0. The molecule has 0 fully saturated rings. The van der Waals surface area contributed by atoms with Gasteiger partial charge in [-0.1, -0.05) is 136 Å². The Balaban J connectivity index is 1.32. The molecule has 0 atom stereocenters. The van der Waals surface area contributed by atoms with Crippen LogP contribution in [-0.2, 0) is 0 Å². The van der Waals surface area contributed by atoms with E-state index in [1.807, 2.05) is 18.2 Å². The summed E-state index contributed by atoms with van der Waals surface area (Å²) in [5.74, 6) is 2.71. The topological polar surface area (TPSA) is 44.5 Å². The minimum atomic E-state index is 0.211. The molecule has 7 rings (SSSR count). The van der Waals surface area contributed by atoms with Crippen molar-refractivity contribution in [3.63, 3.8) is 0 Å². The Hall–Kier alpha value is -5.55. The monoisotopic (exact) mass is 742 g/mol. The van der Waals surface area contributed by atoms with Crippen LogP contribution in [0.3, 0.4) is 0 Å². The Bertz CT molecular complexity index is 2300. The van der Waals surface area contributed by atoms with Gasteiger partial charge in [0.05, 0.1) is 23.6 Å². The largest absolute Gasteiger partial charge is 0.507 e. The minimum absolute atomic E-state index is 0.211. The zero-order valence-electron chi connectivity index (χ0n) is 34.9. The van der Waals surface area contributed by atoms with Crippen molar-refractivity contribution in [2.75, 3.05) is 16.5 Å². The standard InChI is InChI=1S/C51H58N4O/c1-32(2)39-26-43(33(3)4)49(44(27-39)34(5)6)54-24-23-53(31-54)41-20-16-19-38(25-41)47-30-55(51(52-47)42-21-14-15-22-48(42)56)50-45(35(7)8)28-40(29-46(50)36(9)10)37-17-12-11-13-18-37/h11-30,32-36,56H,31H2,1-10H3. The van der Waals surface area contributed by atoms with Gasteiger partial charge in [-0.2, -0.15) is 0 Å². The highest BCUT2D eigenvalue weighted by Gasteiger charge is 2.27. The molecule has 0 saturated heterocycles. The number of phenols is 1. The number of rotatable bonds is 11. The number of hydrogen-bond donors (Lipinski definition) is 1. The third-order valence-electron chi connectivity index (χ3n) is 11.2. The van der Waals surface area contributed by atoms with Gasteiger partial charge in [-0.15, -0.1) is 0 Å². The average Bonchev–Trinajstić information content (AvgIpc) is 3.86. The van der Waals surface area contributed by atoms with Crippen LogP contribution in [-0.4, -0.2) is 21.3 Å². The van der Waals surface area contributed by atoms with Gasteiger partial charge in [-0.05, 0) is 105 Å². The second-order valence-electron chi connectivity index (χ2n) is 17.0. The molecule has 0 spiro atoms. The Labute approximate surface area is 335 Å². The Morgan fingerprint density at radius 2 is 1.07 bits per heavy atom. The van der Waals surface area contributed by atoms with Crippen LogP contribution < -0.4 is 9.80 Å². The Morgan fingerprint density at radius 3 is 1.66 bits per heavy atom. The molecule has 5 aromatic carbocycles.